The van der Waals surface area contributed by atoms with Crippen molar-refractivity contribution in [2.45, 2.75) is 26.4 Å². The third-order valence-electron chi connectivity index (χ3n) is 5.10. The Labute approximate surface area is 190 Å². The molecule has 0 bridgehead atoms. The van der Waals surface area contributed by atoms with Crippen molar-refractivity contribution in [3.8, 4) is 0 Å². The Hall–Kier alpha value is -2.65. The van der Waals surface area contributed by atoms with Crippen molar-refractivity contribution in [1.82, 2.24) is 19.7 Å². The van der Waals surface area contributed by atoms with Crippen LogP contribution in [0.5, 0.6) is 0 Å². The summed E-state index contributed by atoms with van der Waals surface area (Å²) in [6.07, 6.45) is 1.07. The van der Waals surface area contributed by atoms with Crippen LogP contribution in [-0.2, 0) is 4.74 Å². The fourth-order valence-electron chi connectivity index (χ4n) is 3.48. The summed E-state index contributed by atoms with van der Waals surface area (Å²) in [4.78, 5) is 21.6. The molecular weight excluding hydrogens is 460 g/mol. The summed E-state index contributed by atoms with van der Waals surface area (Å²) in [6, 6.07) is 10.1. The molecule has 9 heteroatoms. The lowest BCUT2D eigenvalue weighted by Crippen LogP contribution is -2.44. The van der Waals surface area contributed by atoms with E-state index in [4.69, 9.17) is 4.74 Å². The second-order valence-electron chi connectivity index (χ2n) is 8.73. The zero-order chi connectivity index (χ0) is 22.2. The van der Waals surface area contributed by atoms with E-state index in [9.17, 15) is 4.79 Å². The molecule has 0 radical (unpaired) electrons. The molecule has 4 rings (SSSR count). The Kier molecular flexibility index (Phi) is 5.90. The highest BCUT2D eigenvalue weighted by atomic mass is 79.9. The summed E-state index contributed by atoms with van der Waals surface area (Å²) in [5, 5.41) is 8.59. The van der Waals surface area contributed by atoms with E-state index in [1.165, 1.54) is 10.4 Å². The van der Waals surface area contributed by atoms with Crippen LogP contribution in [0.15, 0.2) is 41.1 Å². The standard InChI is InChI=1S/C22H27BrN6O2/c1-22(2,3)31-21(30)29-18-14-24-19(23)13-17(18)20(26-29)25-15-5-7-16(8-6-15)28-11-9-27(4)10-12-28/h5-8,13-14H,9-12H2,1-4H3,(H,25,26). The monoisotopic (exact) mass is 486 g/mol. The van der Waals surface area contributed by atoms with Gasteiger partial charge in [-0.1, -0.05) is 0 Å². The van der Waals surface area contributed by atoms with Crippen LogP contribution in [0.25, 0.3) is 10.9 Å². The van der Waals surface area contributed by atoms with E-state index < -0.39 is 11.7 Å². The number of nitrogens with one attached hydrogen (secondary N) is 1. The highest BCUT2D eigenvalue weighted by Crippen LogP contribution is 2.29. The Morgan fingerprint density at radius 1 is 1.13 bits per heavy atom. The van der Waals surface area contributed by atoms with Gasteiger partial charge >= 0.3 is 6.09 Å². The number of likely N-dealkylation sites (N-methyl/N-ethyl adjacent to an activating group) is 1. The number of ether oxygens (including phenoxy) is 1. The van der Waals surface area contributed by atoms with E-state index in [-0.39, 0.29) is 0 Å². The minimum atomic E-state index is -0.620. The number of hydrogen-bond acceptors (Lipinski definition) is 7. The first-order valence-corrected chi connectivity index (χ1v) is 11.1. The third kappa shape index (κ3) is 4.99. The summed E-state index contributed by atoms with van der Waals surface area (Å²) in [6.45, 7) is 9.66. The zero-order valence-electron chi connectivity index (χ0n) is 18.2. The number of anilines is 3. The molecule has 1 fully saturated rings. The van der Waals surface area contributed by atoms with Crippen molar-refractivity contribution >= 4 is 50.1 Å². The topological polar surface area (TPSA) is 75.5 Å². The van der Waals surface area contributed by atoms with Crippen molar-refractivity contribution in [2.24, 2.45) is 0 Å². The maximum absolute atomic E-state index is 12.7. The van der Waals surface area contributed by atoms with Gasteiger partial charge in [-0.05, 0) is 74.1 Å². The SMILES string of the molecule is CN1CCN(c2ccc(Nc3nn(C(=O)OC(C)(C)C)c4cnc(Br)cc34)cc2)CC1. The number of pyridine rings is 1. The average Bonchev–Trinajstić information content (AvgIpc) is 3.06. The van der Waals surface area contributed by atoms with Crippen LogP contribution < -0.4 is 10.2 Å². The van der Waals surface area contributed by atoms with Crippen LogP contribution in [0.2, 0.25) is 0 Å². The molecule has 1 aliphatic rings. The molecule has 0 spiro atoms. The van der Waals surface area contributed by atoms with Gasteiger partial charge in [0.1, 0.15) is 15.7 Å². The quantitative estimate of drug-likeness (QED) is 0.547. The summed E-state index contributed by atoms with van der Waals surface area (Å²) in [5.74, 6) is 0.566. The summed E-state index contributed by atoms with van der Waals surface area (Å²) < 4.78 is 7.42. The Balaban J connectivity index is 1.59. The molecule has 1 N–H and O–H groups in total. The summed E-state index contributed by atoms with van der Waals surface area (Å²) in [5.41, 5.74) is 2.05. The third-order valence-corrected chi connectivity index (χ3v) is 5.53. The van der Waals surface area contributed by atoms with Crippen LogP contribution >= 0.6 is 15.9 Å². The number of piperazine rings is 1. The van der Waals surface area contributed by atoms with Crippen LogP contribution in [0.3, 0.4) is 0 Å². The van der Waals surface area contributed by atoms with Gasteiger partial charge in [0, 0.05) is 42.9 Å². The number of carbonyl (C=O) groups excluding carboxylic acids is 1. The molecule has 31 heavy (non-hydrogen) atoms. The summed E-state index contributed by atoms with van der Waals surface area (Å²) >= 11 is 3.40. The molecule has 0 aliphatic carbocycles. The maximum atomic E-state index is 12.7. The molecular formula is C22H27BrN6O2. The lowest BCUT2D eigenvalue weighted by Gasteiger charge is -2.34. The van der Waals surface area contributed by atoms with Crippen LogP contribution in [0, 0.1) is 0 Å². The first-order chi connectivity index (χ1) is 14.7. The van der Waals surface area contributed by atoms with Gasteiger partial charge in [-0.25, -0.2) is 9.78 Å². The molecule has 1 aromatic carbocycles. The maximum Gasteiger partial charge on any atom is 0.435 e. The number of fused-ring (bicyclic) bond motifs is 1. The van der Waals surface area contributed by atoms with Gasteiger partial charge < -0.3 is 19.9 Å². The molecule has 0 saturated carbocycles. The summed E-state index contributed by atoms with van der Waals surface area (Å²) in [7, 11) is 2.15. The molecule has 8 nitrogen and oxygen atoms in total. The van der Waals surface area contributed by atoms with Gasteiger partial charge in [-0.15, -0.1) is 5.10 Å². The number of benzene rings is 1. The lowest BCUT2D eigenvalue weighted by molar-refractivity contribution is 0.0523. The van der Waals surface area contributed by atoms with Crippen LogP contribution in [-0.4, -0.2) is 64.6 Å². The number of aromatic nitrogens is 3. The van der Waals surface area contributed by atoms with Crippen molar-refractivity contribution in [1.29, 1.82) is 0 Å². The molecule has 3 heterocycles. The number of halogens is 1. The van der Waals surface area contributed by atoms with Crippen LogP contribution in [0.4, 0.5) is 22.0 Å². The van der Waals surface area contributed by atoms with Gasteiger partial charge in [-0.3, -0.25) is 0 Å². The number of rotatable bonds is 3. The second-order valence-corrected chi connectivity index (χ2v) is 9.54. The number of hydrogen-bond donors (Lipinski definition) is 1. The molecule has 0 unspecified atom stereocenters. The molecule has 1 saturated heterocycles. The average molecular weight is 487 g/mol. The Bertz CT molecular complexity index is 1080. The van der Waals surface area contributed by atoms with Gasteiger partial charge in [0.2, 0.25) is 0 Å². The second kappa shape index (κ2) is 8.47. The van der Waals surface area contributed by atoms with Crippen molar-refractivity contribution < 1.29 is 9.53 Å². The number of nitrogens with zero attached hydrogens (tertiary/aromatic N) is 5. The molecule has 164 valence electrons. The minimum Gasteiger partial charge on any atom is -0.442 e. The van der Waals surface area contributed by atoms with Crippen LogP contribution in [0.1, 0.15) is 20.8 Å². The normalized spacial score (nSPS) is 15.3. The van der Waals surface area contributed by atoms with E-state index in [1.54, 1.807) is 6.20 Å². The van der Waals surface area contributed by atoms with E-state index in [0.29, 0.717) is 15.9 Å². The van der Waals surface area contributed by atoms with E-state index in [2.05, 4.69) is 60.3 Å². The predicted molar refractivity (Wildman–Crippen MR) is 126 cm³/mol. The largest absolute Gasteiger partial charge is 0.442 e. The molecule has 2 aromatic heterocycles. The van der Waals surface area contributed by atoms with Crippen molar-refractivity contribution in [3.05, 3.63) is 41.1 Å². The first kappa shape index (κ1) is 21.6. The number of carbonyl (C=O) groups is 1. The molecule has 0 amide bonds. The predicted octanol–water partition coefficient (Wildman–Crippen LogP) is 4.47. The minimum absolute atomic E-state index is 0.542. The van der Waals surface area contributed by atoms with Crippen molar-refractivity contribution in [3.63, 3.8) is 0 Å². The van der Waals surface area contributed by atoms with Gasteiger partial charge in [0.25, 0.3) is 0 Å². The van der Waals surface area contributed by atoms with Crippen molar-refractivity contribution in [2.75, 3.05) is 43.4 Å². The van der Waals surface area contributed by atoms with E-state index in [1.807, 2.05) is 39.0 Å². The highest BCUT2D eigenvalue weighted by Gasteiger charge is 2.23. The fourth-order valence-corrected chi connectivity index (χ4v) is 3.81. The molecule has 0 atom stereocenters. The van der Waals surface area contributed by atoms with E-state index >= 15 is 0 Å². The molecule has 3 aromatic rings. The molecule has 1 aliphatic heterocycles. The highest BCUT2D eigenvalue weighted by molar-refractivity contribution is 9.10. The Morgan fingerprint density at radius 3 is 2.45 bits per heavy atom. The zero-order valence-corrected chi connectivity index (χ0v) is 19.8. The fraction of sp³-hybridized carbons (Fsp3) is 0.409. The van der Waals surface area contributed by atoms with E-state index in [0.717, 1.165) is 37.3 Å². The van der Waals surface area contributed by atoms with Gasteiger partial charge in [0.15, 0.2) is 5.82 Å². The smallest absolute Gasteiger partial charge is 0.435 e. The first-order valence-electron chi connectivity index (χ1n) is 10.3. The lowest BCUT2D eigenvalue weighted by atomic mass is 10.2. The Morgan fingerprint density at radius 2 is 1.81 bits per heavy atom. The van der Waals surface area contributed by atoms with Gasteiger partial charge in [-0.2, -0.15) is 4.68 Å². The van der Waals surface area contributed by atoms with Gasteiger partial charge in [0.05, 0.1) is 6.20 Å².